The normalized spacial score (nSPS) is 11.2. The van der Waals surface area contributed by atoms with Gasteiger partial charge >= 0.3 is 0 Å². The van der Waals surface area contributed by atoms with Crippen molar-refractivity contribution in [2.24, 2.45) is 0 Å². The summed E-state index contributed by atoms with van der Waals surface area (Å²) in [6, 6.07) is 5.73. The van der Waals surface area contributed by atoms with Crippen LogP contribution >= 0.6 is 23.2 Å². The van der Waals surface area contributed by atoms with Crippen LogP contribution in [-0.2, 0) is 0 Å². The highest BCUT2D eigenvalue weighted by atomic mass is 35.5. The van der Waals surface area contributed by atoms with Crippen molar-refractivity contribution in [1.29, 1.82) is 0 Å². The van der Waals surface area contributed by atoms with Gasteiger partial charge in [0, 0.05) is 16.1 Å². The fourth-order valence-electron chi connectivity index (χ4n) is 2.14. The summed E-state index contributed by atoms with van der Waals surface area (Å²) in [6.07, 6.45) is 0. The zero-order chi connectivity index (χ0) is 14.4. The van der Waals surface area contributed by atoms with Crippen LogP contribution in [0.3, 0.4) is 0 Å². The van der Waals surface area contributed by atoms with E-state index in [2.05, 4.69) is 15.3 Å². The first-order valence-electron chi connectivity index (χ1n) is 6.13. The molecule has 1 aromatic carbocycles. The highest BCUT2D eigenvalue weighted by Gasteiger charge is 2.15. The van der Waals surface area contributed by atoms with Gasteiger partial charge in [0.25, 0.3) is 0 Å². The Hall–Kier alpha value is -1.65. The molecule has 2 aromatic heterocycles. The first kappa shape index (κ1) is 13.3. The molecule has 0 bridgehead atoms. The van der Waals surface area contributed by atoms with Crippen molar-refractivity contribution in [2.45, 2.75) is 20.8 Å². The summed E-state index contributed by atoms with van der Waals surface area (Å²) < 4.78 is 1.66. The Kier molecular flexibility index (Phi) is 3.15. The second-order valence-corrected chi connectivity index (χ2v) is 5.61. The van der Waals surface area contributed by atoms with Gasteiger partial charge < -0.3 is 0 Å². The molecule has 3 rings (SSSR count). The van der Waals surface area contributed by atoms with Crippen LogP contribution in [0.15, 0.2) is 18.2 Å². The molecule has 0 aliphatic rings. The van der Waals surface area contributed by atoms with Gasteiger partial charge in [0.2, 0.25) is 0 Å². The lowest BCUT2D eigenvalue weighted by Crippen LogP contribution is -2.00. The van der Waals surface area contributed by atoms with E-state index in [0.717, 1.165) is 22.3 Å². The molecule has 0 amide bonds. The maximum atomic E-state index is 6.16. The molecule has 0 spiro atoms. The SMILES string of the molecule is Cc1cc(Cl)cc(-c2nnc3c(C)c(C)c(Cl)nn23)c1. The minimum absolute atomic E-state index is 0.454. The lowest BCUT2D eigenvalue weighted by atomic mass is 10.1. The summed E-state index contributed by atoms with van der Waals surface area (Å²) >= 11 is 12.3. The monoisotopic (exact) mass is 306 g/mol. The molecule has 0 saturated carbocycles. The zero-order valence-electron chi connectivity index (χ0n) is 11.3. The van der Waals surface area contributed by atoms with Crippen molar-refractivity contribution in [1.82, 2.24) is 19.8 Å². The summed E-state index contributed by atoms with van der Waals surface area (Å²) in [6.45, 7) is 5.86. The van der Waals surface area contributed by atoms with Gasteiger partial charge in [-0.2, -0.15) is 9.61 Å². The third-order valence-electron chi connectivity index (χ3n) is 3.34. The van der Waals surface area contributed by atoms with E-state index in [0.29, 0.717) is 21.6 Å². The number of rotatable bonds is 1. The van der Waals surface area contributed by atoms with Crippen LogP contribution in [0.2, 0.25) is 10.2 Å². The first-order chi connectivity index (χ1) is 9.47. The van der Waals surface area contributed by atoms with E-state index in [9.17, 15) is 0 Å². The fourth-order valence-corrected chi connectivity index (χ4v) is 2.65. The molecule has 102 valence electrons. The molecule has 6 heteroatoms. The van der Waals surface area contributed by atoms with E-state index in [1.54, 1.807) is 4.52 Å². The van der Waals surface area contributed by atoms with Gasteiger partial charge in [0.1, 0.15) is 0 Å². The van der Waals surface area contributed by atoms with Crippen molar-refractivity contribution in [3.63, 3.8) is 0 Å². The Balaban J connectivity index is 2.32. The van der Waals surface area contributed by atoms with Gasteiger partial charge in [-0.1, -0.05) is 23.2 Å². The largest absolute Gasteiger partial charge is 0.191 e. The van der Waals surface area contributed by atoms with Crippen LogP contribution in [0, 0.1) is 20.8 Å². The lowest BCUT2D eigenvalue weighted by Gasteiger charge is -2.06. The smallest absolute Gasteiger partial charge is 0.185 e. The second kappa shape index (κ2) is 4.72. The summed E-state index contributed by atoms with van der Waals surface area (Å²) in [5, 5.41) is 13.9. The van der Waals surface area contributed by atoms with Crippen molar-refractivity contribution < 1.29 is 0 Å². The van der Waals surface area contributed by atoms with E-state index in [1.165, 1.54) is 0 Å². The van der Waals surface area contributed by atoms with E-state index < -0.39 is 0 Å². The van der Waals surface area contributed by atoms with Crippen molar-refractivity contribution in [3.05, 3.63) is 45.1 Å². The maximum absolute atomic E-state index is 6.16. The predicted molar refractivity (Wildman–Crippen MR) is 80.4 cm³/mol. The molecule has 3 aromatic rings. The van der Waals surface area contributed by atoms with Gasteiger partial charge in [0.05, 0.1) is 0 Å². The molecular weight excluding hydrogens is 295 g/mol. The van der Waals surface area contributed by atoms with Gasteiger partial charge in [-0.3, -0.25) is 0 Å². The summed E-state index contributed by atoms with van der Waals surface area (Å²) in [4.78, 5) is 0. The fraction of sp³-hybridized carbons (Fsp3) is 0.214. The van der Waals surface area contributed by atoms with Crippen LogP contribution in [0.1, 0.15) is 16.7 Å². The van der Waals surface area contributed by atoms with E-state index in [4.69, 9.17) is 23.2 Å². The average Bonchev–Trinajstić information content (AvgIpc) is 2.78. The number of benzene rings is 1. The van der Waals surface area contributed by atoms with Crippen LogP contribution < -0.4 is 0 Å². The lowest BCUT2D eigenvalue weighted by molar-refractivity contribution is 0.919. The third kappa shape index (κ3) is 2.05. The van der Waals surface area contributed by atoms with E-state index in [1.807, 2.05) is 39.0 Å². The number of fused-ring (bicyclic) bond motifs is 1. The molecule has 0 aliphatic heterocycles. The van der Waals surface area contributed by atoms with Crippen molar-refractivity contribution in [3.8, 4) is 11.4 Å². The predicted octanol–water partition coefficient (Wildman–Crippen LogP) is 4.02. The molecule has 4 nitrogen and oxygen atoms in total. The number of hydrogen-bond donors (Lipinski definition) is 0. The maximum Gasteiger partial charge on any atom is 0.185 e. The number of aromatic nitrogens is 4. The van der Waals surface area contributed by atoms with Crippen LogP contribution in [-0.4, -0.2) is 19.8 Å². The molecule has 20 heavy (non-hydrogen) atoms. The molecule has 0 N–H and O–H groups in total. The van der Waals surface area contributed by atoms with Crippen molar-refractivity contribution in [2.75, 3.05) is 0 Å². The van der Waals surface area contributed by atoms with Gasteiger partial charge in [-0.05, 0) is 50.1 Å². The van der Waals surface area contributed by atoms with Gasteiger partial charge in [0.15, 0.2) is 16.6 Å². The van der Waals surface area contributed by atoms with Crippen LogP contribution in [0.5, 0.6) is 0 Å². The summed E-state index contributed by atoms with van der Waals surface area (Å²) in [5.41, 5.74) is 4.52. The number of aryl methyl sites for hydroxylation is 2. The molecule has 0 unspecified atom stereocenters. The Labute approximate surface area is 126 Å². The van der Waals surface area contributed by atoms with Crippen LogP contribution in [0.25, 0.3) is 17.0 Å². The highest BCUT2D eigenvalue weighted by Crippen LogP contribution is 2.26. The number of nitrogens with zero attached hydrogens (tertiary/aromatic N) is 4. The van der Waals surface area contributed by atoms with Gasteiger partial charge in [-0.25, -0.2) is 0 Å². The molecule has 0 saturated heterocycles. The Bertz CT molecular complexity index is 803. The molecule has 0 aliphatic carbocycles. The quantitative estimate of drug-likeness (QED) is 0.682. The average molecular weight is 307 g/mol. The molecular formula is C14H12Cl2N4. The summed E-state index contributed by atoms with van der Waals surface area (Å²) in [7, 11) is 0. The summed E-state index contributed by atoms with van der Waals surface area (Å²) in [5.74, 6) is 0.635. The molecule has 0 atom stereocenters. The van der Waals surface area contributed by atoms with Gasteiger partial charge in [-0.15, -0.1) is 10.2 Å². The minimum atomic E-state index is 0.454. The third-order valence-corrected chi connectivity index (χ3v) is 3.91. The van der Waals surface area contributed by atoms with Crippen LogP contribution in [0.4, 0.5) is 0 Å². The second-order valence-electron chi connectivity index (χ2n) is 4.82. The zero-order valence-corrected chi connectivity index (χ0v) is 12.8. The molecule has 2 heterocycles. The van der Waals surface area contributed by atoms with Crippen molar-refractivity contribution >= 4 is 28.8 Å². The minimum Gasteiger partial charge on any atom is -0.191 e. The van der Waals surface area contributed by atoms with E-state index >= 15 is 0 Å². The Morgan fingerprint density at radius 3 is 2.40 bits per heavy atom. The standard InChI is InChI=1S/C14H12Cl2N4/c1-7-4-10(6-11(15)5-7)14-18-17-13-9(3)8(2)12(16)19-20(13)14/h4-6H,1-3H3. The Morgan fingerprint density at radius 1 is 0.950 bits per heavy atom. The highest BCUT2D eigenvalue weighted by molar-refractivity contribution is 6.31. The molecule has 0 fully saturated rings. The van der Waals surface area contributed by atoms with E-state index in [-0.39, 0.29) is 0 Å². The Morgan fingerprint density at radius 2 is 1.70 bits per heavy atom. The number of hydrogen-bond acceptors (Lipinski definition) is 3. The topological polar surface area (TPSA) is 43.1 Å². The first-order valence-corrected chi connectivity index (χ1v) is 6.88. The molecule has 0 radical (unpaired) electrons. The number of halogens is 2.